The summed E-state index contributed by atoms with van der Waals surface area (Å²) in [6.45, 7) is 1.86. The van der Waals surface area contributed by atoms with Gasteiger partial charge in [-0.25, -0.2) is 4.98 Å². The molecule has 0 saturated heterocycles. The van der Waals surface area contributed by atoms with Crippen LogP contribution < -0.4 is 11.1 Å². The Balaban J connectivity index is 1.87. The van der Waals surface area contributed by atoms with Crippen molar-refractivity contribution in [3.8, 4) is 0 Å². The maximum atomic E-state index is 12.7. The molecular weight excluding hydrogens is 338 g/mol. The summed E-state index contributed by atoms with van der Waals surface area (Å²) in [6, 6.07) is 8.82. The van der Waals surface area contributed by atoms with Crippen molar-refractivity contribution in [2.45, 2.75) is 13.0 Å². The van der Waals surface area contributed by atoms with Gasteiger partial charge in [-0.3, -0.25) is 4.79 Å². The topological polar surface area (TPSA) is 96.8 Å². The van der Waals surface area contributed by atoms with E-state index in [1.807, 2.05) is 36.7 Å². The lowest BCUT2D eigenvalue weighted by Gasteiger charge is -2.15. The van der Waals surface area contributed by atoms with Crippen LogP contribution in [-0.4, -0.2) is 21.7 Å². The third-order valence-corrected chi connectivity index (χ3v) is 4.45. The van der Waals surface area contributed by atoms with Crippen molar-refractivity contribution in [3.63, 3.8) is 0 Å². The number of hydrogen-bond acceptors (Lipinski definition) is 4. The van der Waals surface area contributed by atoms with E-state index in [-0.39, 0.29) is 11.9 Å². The number of nitrogens with two attached hydrogens (primary N) is 1. The molecule has 0 saturated carbocycles. The first-order valence-electron chi connectivity index (χ1n) is 7.72. The third-order valence-electron chi connectivity index (χ3n) is 4.21. The SMILES string of the molecule is CC(NC(=O)c1cc2ccc(Cl)cc2n1C)c1cnc(N)c(C=N)c1. The van der Waals surface area contributed by atoms with E-state index in [9.17, 15) is 4.79 Å². The van der Waals surface area contributed by atoms with Crippen molar-refractivity contribution >= 4 is 40.4 Å². The fraction of sp³-hybridized carbons (Fsp3) is 0.167. The number of benzene rings is 1. The van der Waals surface area contributed by atoms with Gasteiger partial charge in [-0.15, -0.1) is 0 Å². The van der Waals surface area contributed by atoms with Crippen molar-refractivity contribution < 1.29 is 4.79 Å². The molecule has 7 heteroatoms. The normalized spacial score (nSPS) is 12.1. The zero-order valence-corrected chi connectivity index (χ0v) is 14.6. The van der Waals surface area contributed by atoms with E-state index in [0.717, 1.165) is 22.7 Å². The highest BCUT2D eigenvalue weighted by molar-refractivity contribution is 6.31. The minimum Gasteiger partial charge on any atom is -0.383 e. The van der Waals surface area contributed by atoms with Gasteiger partial charge in [-0.2, -0.15) is 0 Å². The molecule has 1 amide bonds. The molecule has 0 aliphatic heterocycles. The average molecular weight is 356 g/mol. The quantitative estimate of drug-likeness (QED) is 0.626. The van der Waals surface area contributed by atoms with Gasteiger partial charge in [0, 0.05) is 40.9 Å². The van der Waals surface area contributed by atoms with E-state index in [0.29, 0.717) is 22.1 Å². The summed E-state index contributed by atoms with van der Waals surface area (Å²) in [5.74, 6) is 0.0957. The lowest BCUT2D eigenvalue weighted by atomic mass is 10.1. The second kappa shape index (κ2) is 6.57. The number of amides is 1. The summed E-state index contributed by atoms with van der Waals surface area (Å²) < 4.78 is 1.81. The Hall–Kier alpha value is -2.86. The number of nitrogens with zero attached hydrogens (tertiary/aromatic N) is 2. The van der Waals surface area contributed by atoms with Gasteiger partial charge >= 0.3 is 0 Å². The molecular formula is C18H18ClN5O. The molecule has 2 aromatic heterocycles. The van der Waals surface area contributed by atoms with Crippen LogP contribution in [0.2, 0.25) is 5.02 Å². The van der Waals surface area contributed by atoms with E-state index < -0.39 is 0 Å². The van der Waals surface area contributed by atoms with E-state index >= 15 is 0 Å². The summed E-state index contributed by atoms with van der Waals surface area (Å²) in [5, 5.41) is 11.9. The summed E-state index contributed by atoms with van der Waals surface area (Å²) in [5.41, 5.74) is 8.45. The third kappa shape index (κ3) is 3.21. The molecule has 4 N–H and O–H groups in total. The van der Waals surface area contributed by atoms with Gasteiger partial charge in [0.1, 0.15) is 11.5 Å². The van der Waals surface area contributed by atoms with Gasteiger partial charge in [0.15, 0.2) is 0 Å². The van der Waals surface area contributed by atoms with Crippen molar-refractivity contribution in [2.75, 3.05) is 5.73 Å². The zero-order valence-electron chi connectivity index (χ0n) is 13.9. The summed E-state index contributed by atoms with van der Waals surface area (Å²) in [7, 11) is 1.83. The molecule has 3 rings (SSSR count). The fourth-order valence-electron chi connectivity index (χ4n) is 2.74. The number of pyridine rings is 1. The number of fused-ring (bicyclic) bond motifs is 1. The maximum Gasteiger partial charge on any atom is 0.268 e. The second-order valence-electron chi connectivity index (χ2n) is 5.87. The Morgan fingerprint density at radius 1 is 1.40 bits per heavy atom. The minimum absolute atomic E-state index is 0.199. The molecule has 128 valence electrons. The van der Waals surface area contributed by atoms with Gasteiger partial charge in [0.05, 0.1) is 6.04 Å². The molecule has 1 unspecified atom stereocenters. The number of aryl methyl sites for hydroxylation is 1. The average Bonchev–Trinajstić information content (AvgIpc) is 2.91. The smallest absolute Gasteiger partial charge is 0.268 e. The number of rotatable bonds is 4. The molecule has 2 heterocycles. The van der Waals surface area contributed by atoms with Gasteiger partial charge in [-0.1, -0.05) is 17.7 Å². The predicted molar refractivity (Wildman–Crippen MR) is 100 cm³/mol. The van der Waals surface area contributed by atoms with Crippen LogP contribution in [0.3, 0.4) is 0 Å². The van der Waals surface area contributed by atoms with Crippen LogP contribution in [0.15, 0.2) is 36.5 Å². The molecule has 0 spiro atoms. The lowest BCUT2D eigenvalue weighted by molar-refractivity contribution is 0.0932. The van der Waals surface area contributed by atoms with E-state index in [4.69, 9.17) is 22.7 Å². The largest absolute Gasteiger partial charge is 0.383 e. The van der Waals surface area contributed by atoms with Crippen LogP contribution in [0.1, 0.15) is 34.6 Å². The Kier molecular flexibility index (Phi) is 4.46. The van der Waals surface area contributed by atoms with Gasteiger partial charge in [0.25, 0.3) is 5.91 Å². The molecule has 6 nitrogen and oxygen atoms in total. The van der Waals surface area contributed by atoms with Crippen molar-refractivity contribution in [2.24, 2.45) is 7.05 Å². The van der Waals surface area contributed by atoms with E-state index in [2.05, 4.69) is 10.3 Å². The highest BCUT2D eigenvalue weighted by Gasteiger charge is 2.17. The molecule has 0 fully saturated rings. The highest BCUT2D eigenvalue weighted by Crippen LogP contribution is 2.23. The van der Waals surface area contributed by atoms with E-state index in [1.54, 1.807) is 18.3 Å². The first-order valence-corrected chi connectivity index (χ1v) is 8.10. The zero-order chi connectivity index (χ0) is 18.1. The summed E-state index contributed by atoms with van der Waals surface area (Å²) in [4.78, 5) is 16.7. The first kappa shape index (κ1) is 17.0. The molecule has 25 heavy (non-hydrogen) atoms. The maximum absolute atomic E-state index is 12.7. The van der Waals surface area contributed by atoms with Crippen LogP contribution in [0.5, 0.6) is 0 Å². The van der Waals surface area contributed by atoms with Gasteiger partial charge in [0.2, 0.25) is 0 Å². The van der Waals surface area contributed by atoms with Gasteiger partial charge in [-0.05, 0) is 36.8 Å². The first-order chi connectivity index (χ1) is 11.9. The van der Waals surface area contributed by atoms with Gasteiger partial charge < -0.3 is 21.0 Å². The van der Waals surface area contributed by atoms with Crippen LogP contribution in [-0.2, 0) is 7.05 Å². The summed E-state index contributed by atoms with van der Waals surface area (Å²) in [6.07, 6.45) is 2.75. The molecule has 3 aromatic rings. The Labute approximate surface area is 150 Å². The number of carbonyl (C=O) groups is 1. The molecule has 0 aliphatic carbocycles. The van der Waals surface area contributed by atoms with Crippen LogP contribution in [0.4, 0.5) is 5.82 Å². The number of nitrogen functional groups attached to an aromatic ring is 1. The lowest BCUT2D eigenvalue weighted by Crippen LogP contribution is -2.28. The molecule has 0 bridgehead atoms. The molecule has 1 atom stereocenters. The number of carbonyl (C=O) groups excluding carboxylic acids is 1. The number of hydrogen-bond donors (Lipinski definition) is 3. The van der Waals surface area contributed by atoms with Crippen LogP contribution in [0, 0.1) is 5.41 Å². The Bertz CT molecular complexity index is 979. The fourth-order valence-corrected chi connectivity index (χ4v) is 2.90. The van der Waals surface area contributed by atoms with Crippen LogP contribution in [0.25, 0.3) is 10.9 Å². The second-order valence-corrected chi connectivity index (χ2v) is 6.31. The number of halogens is 1. The van der Waals surface area contributed by atoms with Crippen molar-refractivity contribution in [3.05, 3.63) is 58.4 Å². The highest BCUT2D eigenvalue weighted by atomic mass is 35.5. The number of aromatic nitrogens is 2. The van der Waals surface area contributed by atoms with E-state index in [1.165, 1.54) is 0 Å². The van der Waals surface area contributed by atoms with Crippen molar-refractivity contribution in [1.29, 1.82) is 5.41 Å². The minimum atomic E-state index is -0.277. The molecule has 1 aromatic carbocycles. The molecule has 0 aliphatic rings. The molecule has 0 radical (unpaired) electrons. The standard InChI is InChI=1S/C18H18ClN5O/c1-10(13-5-12(8-20)17(21)22-9-13)23-18(25)16-6-11-3-4-14(19)7-15(11)24(16)2/h3-10,20H,1-2H3,(H2,21,22)(H,23,25). The predicted octanol–water partition coefficient (Wildman–Crippen LogP) is 3.30. The number of anilines is 1. The summed E-state index contributed by atoms with van der Waals surface area (Å²) >= 11 is 6.04. The van der Waals surface area contributed by atoms with Crippen LogP contribution >= 0.6 is 11.6 Å². The number of nitrogens with one attached hydrogen (secondary N) is 2. The Morgan fingerprint density at radius 2 is 2.16 bits per heavy atom. The van der Waals surface area contributed by atoms with Crippen molar-refractivity contribution in [1.82, 2.24) is 14.9 Å². The Morgan fingerprint density at radius 3 is 2.88 bits per heavy atom. The monoisotopic (exact) mass is 355 g/mol.